The van der Waals surface area contributed by atoms with E-state index in [-0.39, 0.29) is 0 Å². The second kappa shape index (κ2) is 6.58. The lowest BCUT2D eigenvalue weighted by Crippen LogP contribution is -2.27. The van der Waals surface area contributed by atoms with Crippen molar-refractivity contribution < 1.29 is 31.5 Å². The zero-order valence-electron chi connectivity index (χ0n) is 7.71. The van der Waals surface area contributed by atoms with Crippen molar-refractivity contribution >= 4 is 16.0 Å². The molecule has 0 fully saturated rings. The van der Waals surface area contributed by atoms with Crippen molar-refractivity contribution in [3.63, 3.8) is 0 Å². The number of rotatable bonds is 3. The smallest absolute Gasteiger partial charge is 0.475 e. The van der Waals surface area contributed by atoms with Gasteiger partial charge in [0.05, 0.1) is 6.26 Å². The van der Waals surface area contributed by atoms with Crippen LogP contribution in [-0.2, 0) is 14.8 Å². The molecule has 0 heterocycles. The molecule has 0 aromatic heterocycles. The van der Waals surface area contributed by atoms with Crippen LogP contribution in [0.2, 0.25) is 0 Å². The minimum atomic E-state index is -5.08. The first-order valence-electron chi connectivity index (χ1n) is 3.45. The van der Waals surface area contributed by atoms with E-state index in [0.29, 0.717) is 13.1 Å². The third kappa shape index (κ3) is 15.9. The molecule has 0 saturated heterocycles. The number of hydrogen-bond donors (Lipinski definition) is 3. The first-order valence-corrected chi connectivity index (χ1v) is 5.34. The maximum Gasteiger partial charge on any atom is 0.490 e. The lowest BCUT2D eigenvalue weighted by atomic mass is 10.7. The minimum Gasteiger partial charge on any atom is -0.475 e. The van der Waals surface area contributed by atoms with Crippen LogP contribution >= 0.6 is 0 Å². The summed E-state index contributed by atoms with van der Waals surface area (Å²) in [5, 5.41) is 7.12. The summed E-state index contributed by atoms with van der Waals surface area (Å²) in [6, 6.07) is 0. The molecule has 15 heavy (non-hydrogen) atoms. The number of alkyl halides is 3. The highest BCUT2D eigenvalue weighted by atomic mass is 32.2. The number of carboxylic acids is 1. The number of nitrogens with two attached hydrogens (primary N) is 1. The van der Waals surface area contributed by atoms with Crippen molar-refractivity contribution in [1.29, 1.82) is 0 Å². The van der Waals surface area contributed by atoms with Crippen LogP contribution in [0.25, 0.3) is 0 Å². The van der Waals surface area contributed by atoms with Gasteiger partial charge in [-0.05, 0) is 0 Å². The number of carbonyl (C=O) groups is 1. The monoisotopic (exact) mass is 252 g/mol. The average molecular weight is 252 g/mol. The van der Waals surface area contributed by atoms with Gasteiger partial charge in [-0.2, -0.15) is 13.2 Å². The molecular weight excluding hydrogens is 241 g/mol. The predicted octanol–water partition coefficient (Wildman–Crippen LogP) is -0.872. The molecule has 0 aliphatic carbocycles. The fourth-order valence-electron chi connectivity index (χ4n) is 0.244. The molecule has 4 N–H and O–H groups in total. The van der Waals surface area contributed by atoms with Crippen LogP contribution in [0.15, 0.2) is 0 Å². The Bertz CT molecular complexity index is 287. The van der Waals surface area contributed by atoms with Gasteiger partial charge in [0.1, 0.15) is 0 Å². The molecular formula is C5H11F3N2O4S. The molecule has 0 amide bonds. The van der Waals surface area contributed by atoms with Gasteiger partial charge in [0, 0.05) is 13.1 Å². The van der Waals surface area contributed by atoms with E-state index >= 15 is 0 Å². The second-order valence-corrected chi connectivity index (χ2v) is 4.09. The number of aliphatic carboxylic acids is 1. The Balaban J connectivity index is 0. The highest BCUT2D eigenvalue weighted by Crippen LogP contribution is 2.13. The summed E-state index contributed by atoms with van der Waals surface area (Å²) in [5.41, 5.74) is 5.01. The summed E-state index contributed by atoms with van der Waals surface area (Å²) in [6.07, 6.45) is -3.98. The summed E-state index contributed by atoms with van der Waals surface area (Å²) in [4.78, 5) is 8.90. The van der Waals surface area contributed by atoms with E-state index in [1.54, 1.807) is 0 Å². The van der Waals surface area contributed by atoms with Crippen LogP contribution in [0.4, 0.5) is 13.2 Å². The van der Waals surface area contributed by atoms with Crippen molar-refractivity contribution in [2.75, 3.05) is 19.3 Å². The SMILES string of the molecule is CS(=O)(=O)NCCN.O=C(O)C(F)(F)F. The topological polar surface area (TPSA) is 109 Å². The van der Waals surface area contributed by atoms with Gasteiger partial charge < -0.3 is 10.8 Å². The molecule has 0 rings (SSSR count). The maximum atomic E-state index is 10.6. The van der Waals surface area contributed by atoms with Crippen molar-refractivity contribution in [3.8, 4) is 0 Å². The molecule has 0 aromatic rings. The van der Waals surface area contributed by atoms with Crippen LogP contribution in [0, 0.1) is 0 Å². The third-order valence-corrected chi connectivity index (χ3v) is 1.48. The van der Waals surface area contributed by atoms with E-state index < -0.39 is 22.2 Å². The number of carboxylic acid groups (broad SMARTS) is 1. The van der Waals surface area contributed by atoms with Crippen molar-refractivity contribution in [2.24, 2.45) is 5.73 Å². The van der Waals surface area contributed by atoms with E-state index in [0.717, 1.165) is 6.26 Å². The highest BCUT2D eigenvalue weighted by molar-refractivity contribution is 7.88. The summed E-state index contributed by atoms with van der Waals surface area (Å²) >= 11 is 0. The Hall–Kier alpha value is -0.870. The van der Waals surface area contributed by atoms with Crippen molar-refractivity contribution in [3.05, 3.63) is 0 Å². The van der Waals surface area contributed by atoms with Gasteiger partial charge >= 0.3 is 12.1 Å². The molecule has 6 nitrogen and oxygen atoms in total. The van der Waals surface area contributed by atoms with Gasteiger partial charge in [-0.1, -0.05) is 0 Å². The van der Waals surface area contributed by atoms with E-state index in [4.69, 9.17) is 15.6 Å². The maximum absolute atomic E-state index is 10.6. The Kier molecular flexibility index (Phi) is 7.27. The van der Waals surface area contributed by atoms with Crippen LogP contribution < -0.4 is 10.5 Å². The van der Waals surface area contributed by atoms with Crippen LogP contribution in [0.3, 0.4) is 0 Å². The van der Waals surface area contributed by atoms with E-state index in [1.807, 2.05) is 0 Å². The first-order chi connectivity index (χ1) is 6.50. The van der Waals surface area contributed by atoms with Gasteiger partial charge in [-0.15, -0.1) is 0 Å². The summed E-state index contributed by atoms with van der Waals surface area (Å²) in [7, 11) is -3.02. The molecule has 0 atom stereocenters. The van der Waals surface area contributed by atoms with Gasteiger partial charge in [-0.3, -0.25) is 0 Å². The lowest BCUT2D eigenvalue weighted by Gasteiger charge is -1.95. The van der Waals surface area contributed by atoms with E-state index in [2.05, 4.69) is 4.72 Å². The van der Waals surface area contributed by atoms with Gasteiger partial charge in [0.15, 0.2) is 0 Å². The summed E-state index contributed by atoms with van der Waals surface area (Å²) in [5.74, 6) is -2.76. The zero-order valence-corrected chi connectivity index (χ0v) is 8.52. The molecule has 10 heteroatoms. The van der Waals surface area contributed by atoms with Crippen molar-refractivity contribution in [2.45, 2.75) is 6.18 Å². The minimum absolute atomic E-state index is 0.318. The summed E-state index contributed by atoms with van der Waals surface area (Å²) < 4.78 is 54.4. The van der Waals surface area contributed by atoms with Crippen LogP contribution in [0.1, 0.15) is 0 Å². The fraction of sp³-hybridized carbons (Fsp3) is 0.800. The largest absolute Gasteiger partial charge is 0.490 e. The molecule has 0 aliphatic heterocycles. The molecule has 0 unspecified atom stereocenters. The fourth-order valence-corrected chi connectivity index (χ4v) is 0.733. The molecule has 0 saturated carbocycles. The quantitative estimate of drug-likeness (QED) is 0.604. The average Bonchev–Trinajstić information content (AvgIpc) is 1.98. The number of sulfonamides is 1. The predicted molar refractivity (Wildman–Crippen MR) is 45.6 cm³/mol. The Morgan fingerprint density at radius 3 is 1.87 bits per heavy atom. The van der Waals surface area contributed by atoms with E-state index in [9.17, 15) is 21.6 Å². The molecule has 0 aromatic carbocycles. The molecule has 92 valence electrons. The number of nitrogens with one attached hydrogen (secondary N) is 1. The number of halogens is 3. The van der Waals surface area contributed by atoms with Gasteiger partial charge in [0.25, 0.3) is 0 Å². The highest BCUT2D eigenvalue weighted by Gasteiger charge is 2.38. The lowest BCUT2D eigenvalue weighted by molar-refractivity contribution is -0.192. The normalized spacial score (nSPS) is 11.5. The van der Waals surface area contributed by atoms with Gasteiger partial charge in [0.2, 0.25) is 10.0 Å². The zero-order chi connectivity index (χ0) is 12.7. The van der Waals surface area contributed by atoms with Crippen LogP contribution in [0.5, 0.6) is 0 Å². The third-order valence-electron chi connectivity index (χ3n) is 0.751. The Morgan fingerprint density at radius 2 is 1.80 bits per heavy atom. The van der Waals surface area contributed by atoms with E-state index in [1.165, 1.54) is 0 Å². The molecule has 0 spiro atoms. The molecule has 0 bridgehead atoms. The summed E-state index contributed by atoms with van der Waals surface area (Å²) in [6.45, 7) is 0.659. The Labute approximate surface area is 84.3 Å². The first kappa shape index (κ1) is 16.6. The molecule has 0 radical (unpaired) electrons. The number of hydrogen-bond acceptors (Lipinski definition) is 4. The Morgan fingerprint density at radius 1 is 1.47 bits per heavy atom. The van der Waals surface area contributed by atoms with Crippen LogP contribution in [-0.4, -0.2) is 45.0 Å². The van der Waals surface area contributed by atoms with Gasteiger partial charge in [-0.25, -0.2) is 17.9 Å². The standard InChI is InChI=1S/C3H10N2O2S.C2HF3O2/c1-8(6,7)5-3-2-4;3-2(4,5)1(6)7/h5H,2-4H2,1H3;(H,6,7). The van der Waals surface area contributed by atoms with Crippen molar-refractivity contribution in [1.82, 2.24) is 4.72 Å². The molecule has 0 aliphatic rings. The second-order valence-electron chi connectivity index (χ2n) is 2.26.